The average molecular weight is 370 g/mol. The number of nitrogens with zero attached hydrogens (tertiary/aromatic N) is 2. The Morgan fingerprint density at radius 2 is 1.61 bits per heavy atom. The topological polar surface area (TPSA) is 52.1 Å². The van der Waals surface area contributed by atoms with E-state index >= 15 is 0 Å². The van der Waals surface area contributed by atoms with Gasteiger partial charge in [-0.2, -0.15) is 0 Å². The molecule has 1 heterocycles. The van der Waals surface area contributed by atoms with Crippen LogP contribution in [0.5, 0.6) is 11.8 Å². The maximum absolute atomic E-state index is 11.2. The van der Waals surface area contributed by atoms with Crippen molar-refractivity contribution in [3.05, 3.63) is 83.7 Å². The third kappa shape index (κ3) is 6.07. The van der Waals surface area contributed by atoms with Gasteiger partial charge in [-0.25, -0.2) is 9.97 Å². The molecule has 1 atom stereocenters. The van der Waals surface area contributed by atoms with Gasteiger partial charge in [0.2, 0.25) is 0 Å². The second-order valence-corrected chi connectivity index (χ2v) is 6.83. The number of rotatable bonds is 6. The van der Waals surface area contributed by atoms with Crippen molar-refractivity contribution in [2.75, 3.05) is 0 Å². The Morgan fingerprint density at radius 3 is 2.25 bits per heavy atom. The Kier molecular flexibility index (Phi) is 6.54. The number of carbonyl (C=O) groups is 1. The SMILES string of the molecule is CC(=O)CC(C)Cc1ccc(C#Cc2cnc(Oc3ccccc3)nc2)cc1. The highest BCUT2D eigenvalue weighted by Gasteiger charge is 2.06. The van der Waals surface area contributed by atoms with Gasteiger partial charge in [0.05, 0.1) is 5.56 Å². The van der Waals surface area contributed by atoms with Crippen molar-refractivity contribution in [3.63, 3.8) is 0 Å². The van der Waals surface area contributed by atoms with Gasteiger partial charge in [0, 0.05) is 24.4 Å². The molecule has 3 aromatic rings. The largest absolute Gasteiger partial charge is 0.424 e. The lowest BCUT2D eigenvalue weighted by Crippen LogP contribution is -2.04. The molecular formula is C24H22N2O2. The van der Waals surface area contributed by atoms with Gasteiger partial charge in [-0.3, -0.25) is 0 Å². The van der Waals surface area contributed by atoms with Gasteiger partial charge in [0.1, 0.15) is 11.5 Å². The Hall–Kier alpha value is -3.45. The summed E-state index contributed by atoms with van der Waals surface area (Å²) in [6.07, 6.45) is 4.81. The molecule has 3 rings (SSSR count). The molecule has 0 aliphatic carbocycles. The van der Waals surface area contributed by atoms with Crippen molar-refractivity contribution in [1.82, 2.24) is 9.97 Å². The van der Waals surface area contributed by atoms with Crippen LogP contribution in [0.1, 0.15) is 37.0 Å². The van der Waals surface area contributed by atoms with Crippen LogP contribution >= 0.6 is 0 Å². The lowest BCUT2D eigenvalue weighted by atomic mass is 9.96. The van der Waals surface area contributed by atoms with E-state index in [1.807, 2.05) is 42.5 Å². The van der Waals surface area contributed by atoms with Crippen LogP contribution < -0.4 is 4.74 Å². The molecule has 0 aliphatic rings. The minimum absolute atomic E-state index is 0.234. The third-order valence-electron chi connectivity index (χ3n) is 4.11. The van der Waals surface area contributed by atoms with E-state index in [1.165, 1.54) is 5.56 Å². The second kappa shape index (κ2) is 9.48. The van der Waals surface area contributed by atoms with Crippen molar-refractivity contribution in [2.45, 2.75) is 26.7 Å². The van der Waals surface area contributed by atoms with E-state index in [4.69, 9.17) is 4.74 Å². The van der Waals surface area contributed by atoms with Crippen LogP contribution in [0.15, 0.2) is 67.0 Å². The summed E-state index contributed by atoms with van der Waals surface area (Å²) >= 11 is 0. The molecule has 2 aromatic carbocycles. The molecule has 4 nitrogen and oxygen atoms in total. The third-order valence-corrected chi connectivity index (χ3v) is 4.11. The van der Waals surface area contributed by atoms with E-state index in [0.29, 0.717) is 24.1 Å². The minimum atomic E-state index is 0.234. The zero-order chi connectivity index (χ0) is 19.8. The van der Waals surface area contributed by atoms with Crippen LogP contribution in [0.3, 0.4) is 0 Å². The van der Waals surface area contributed by atoms with E-state index in [0.717, 1.165) is 17.5 Å². The lowest BCUT2D eigenvalue weighted by Gasteiger charge is -2.09. The molecule has 1 unspecified atom stereocenters. The molecule has 0 saturated carbocycles. The van der Waals surface area contributed by atoms with Gasteiger partial charge in [-0.15, -0.1) is 0 Å². The Bertz CT molecular complexity index is 969. The monoisotopic (exact) mass is 370 g/mol. The number of aromatic nitrogens is 2. The number of carbonyl (C=O) groups excluding carboxylic acids is 1. The Morgan fingerprint density at radius 1 is 0.964 bits per heavy atom. The predicted molar refractivity (Wildman–Crippen MR) is 109 cm³/mol. The summed E-state index contributed by atoms with van der Waals surface area (Å²) in [4.78, 5) is 19.6. The van der Waals surface area contributed by atoms with Gasteiger partial charge in [0.15, 0.2) is 0 Å². The first-order chi connectivity index (χ1) is 13.6. The fourth-order valence-corrected chi connectivity index (χ4v) is 2.86. The summed E-state index contributed by atoms with van der Waals surface area (Å²) in [6, 6.07) is 17.8. The molecule has 1 aromatic heterocycles. The number of ketones is 1. The first kappa shape index (κ1) is 19.3. The summed E-state index contributed by atoms with van der Waals surface area (Å²) in [6.45, 7) is 3.74. The van der Waals surface area contributed by atoms with Crippen LogP contribution in [0.4, 0.5) is 0 Å². The summed E-state index contributed by atoms with van der Waals surface area (Å²) in [5.74, 6) is 7.46. The van der Waals surface area contributed by atoms with Crippen LogP contribution in [0.25, 0.3) is 0 Å². The highest BCUT2D eigenvalue weighted by molar-refractivity contribution is 5.75. The van der Waals surface area contributed by atoms with Crippen LogP contribution in [-0.2, 0) is 11.2 Å². The van der Waals surface area contributed by atoms with Gasteiger partial charge < -0.3 is 9.53 Å². The zero-order valence-corrected chi connectivity index (χ0v) is 16.1. The van der Waals surface area contributed by atoms with E-state index in [-0.39, 0.29) is 5.78 Å². The number of para-hydroxylation sites is 1. The second-order valence-electron chi connectivity index (χ2n) is 6.83. The zero-order valence-electron chi connectivity index (χ0n) is 16.1. The first-order valence-corrected chi connectivity index (χ1v) is 9.24. The number of ether oxygens (including phenoxy) is 1. The molecule has 0 bridgehead atoms. The fraction of sp³-hybridized carbons (Fsp3) is 0.208. The average Bonchev–Trinajstić information content (AvgIpc) is 2.69. The first-order valence-electron chi connectivity index (χ1n) is 9.24. The molecule has 0 N–H and O–H groups in total. The lowest BCUT2D eigenvalue weighted by molar-refractivity contribution is -0.117. The molecule has 0 amide bonds. The quantitative estimate of drug-likeness (QED) is 0.584. The van der Waals surface area contributed by atoms with E-state index < -0.39 is 0 Å². The van der Waals surface area contributed by atoms with E-state index in [1.54, 1.807) is 19.3 Å². The van der Waals surface area contributed by atoms with Crippen LogP contribution in [0.2, 0.25) is 0 Å². The van der Waals surface area contributed by atoms with Crippen molar-refractivity contribution in [3.8, 4) is 23.6 Å². The standard InChI is InChI=1S/C24H22N2O2/c1-18(14-19(2)27)15-21-11-8-20(9-12-21)10-13-22-16-25-24(26-17-22)28-23-6-4-3-5-7-23/h3-9,11-12,16-18H,14-15H2,1-2H3. The van der Waals surface area contributed by atoms with Crippen LogP contribution in [0, 0.1) is 17.8 Å². The molecular weight excluding hydrogens is 348 g/mol. The molecule has 0 spiro atoms. The van der Waals surface area contributed by atoms with Crippen molar-refractivity contribution >= 4 is 5.78 Å². The van der Waals surface area contributed by atoms with Gasteiger partial charge in [-0.05, 0) is 49.1 Å². The van der Waals surface area contributed by atoms with Gasteiger partial charge in [0.25, 0.3) is 0 Å². The van der Waals surface area contributed by atoms with Crippen LogP contribution in [-0.4, -0.2) is 15.8 Å². The highest BCUT2D eigenvalue weighted by Crippen LogP contribution is 2.16. The van der Waals surface area contributed by atoms with Crippen molar-refractivity contribution in [1.29, 1.82) is 0 Å². The molecule has 4 heteroatoms. The number of benzene rings is 2. The van der Waals surface area contributed by atoms with Gasteiger partial charge in [-0.1, -0.05) is 49.1 Å². The summed E-state index contributed by atoms with van der Waals surface area (Å²) in [7, 11) is 0. The maximum atomic E-state index is 11.2. The van der Waals surface area contributed by atoms with E-state index in [9.17, 15) is 4.79 Å². The van der Waals surface area contributed by atoms with Crippen molar-refractivity contribution in [2.24, 2.45) is 5.92 Å². The Labute approximate surface area is 165 Å². The fourth-order valence-electron chi connectivity index (χ4n) is 2.86. The summed E-state index contributed by atoms with van der Waals surface area (Å²) in [5, 5.41) is 0. The molecule has 0 radical (unpaired) electrons. The Balaban J connectivity index is 1.59. The number of hydrogen-bond donors (Lipinski definition) is 0. The number of hydrogen-bond acceptors (Lipinski definition) is 4. The highest BCUT2D eigenvalue weighted by atomic mass is 16.5. The summed E-state index contributed by atoms with van der Waals surface area (Å²) in [5.41, 5.74) is 2.86. The van der Waals surface area contributed by atoms with Gasteiger partial charge >= 0.3 is 6.01 Å². The maximum Gasteiger partial charge on any atom is 0.321 e. The predicted octanol–water partition coefficient (Wildman–Crippen LogP) is 4.83. The molecule has 140 valence electrons. The molecule has 0 fully saturated rings. The normalized spacial score (nSPS) is 11.2. The minimum Gasteiger partial charge on any atom is -0.424 e. The molecule has 28 heavy (non-hydrogen) atoms. The molecule has 0 saturated heterocycles. The number of Topliss-reactive ketones (excluding diaryl/α,β-unsaturated/α-hetero) is 1. The summed E-state index contributed by atoms with van der Waals surface area (Å²) < 4.78 is 5.57. The molecule has 0 aliphatic heterocycles. The van der Waals surface area contributed by atoms with Crippen molar-refractivity contribution < 1.29 is 9.53 Å². The smallest absolute Gasteiger partial charge is 0.321 e. The van der Waals surface area contributed by atoms with E-state index in [2.05, 4.69) is 40.9 Å².